The van der Waals surface area contributed by atoms with Crippen molar-refractivity contribution in [3.63, 3.8) is 0 Å². The standard InChI is InChI=1S/C22H31N3O4/c1-16(29-19-8-6-7-18(14-19)26-3)15-25-22(23-2)24-12-11-17-9-10-20(27-4)21(13-17)28-5/h6-10,13-14,16H,11-12,15H2,1-5H3,(H2,23,24,25). The molecule has 0 fully saturated rings. The third kappa shape index (κ3) is 7.10. The van der Waals surface area contributed by atoms with E-state index in [1.807, 2.05) is 49.4 Å². The van der Waals surface area contributed by atoms with Crippen molar-refractivity contribution >= 4 is 5.96 Å². The van der Waals surface area contributed by atoms with Crippen molar-refractivity contribution in [3.05, 3.63) is 48.0 Å². The number of aliphatic imine (C=N–C) groups is 1. The summed E-state index contributed by atoms with van der Waals surface area (Å²) in [6, 6.07) is 13.5. The highest BCUT2D eigenvalue weighted by molar-refractivity contribution is 5.79. The minimum atomic E-state index is -0.0356. The van der Waals surface area contributed by atoms with Crippen LogP contribution in [-0.4, -0.2) is 53.5 Å². The van der Waals surface area contributed by atoms with Crippen LogP contribution in [0.3, 0.4) is 0 Å². The summed E-state index contributed by atoms with van der Waals surface area (Å²) in [7, 11) is 6.66. The molecule has 0 aliphatic rings. The lowest BCUT2D eigenvalue weighted by molar-refractivity contribution is 0.223. The third-order valence-electron chi connectivity index (χ3n) is 4.31. The van der Waals surface area contributed by atoms with Gasteiger partial charge in [-0.25, -0.2) is 0 Å². The first-order valence-corrected chi connectivity index (χ1v) is 9.55. The maximum absolute atomic E-state index is 5.92. The fraction of sp³-hybridized carbons (Fsp3) is 0.409. The first-order valence-electron chi connectivity index (χ1n) is 9.55. The number of ether oxygens (including phenoxy) is 4. The highest BCUT2D eigenvalue weighted by Crippen LogP contribution is 2.27. The zero-order valence-electron chi connectivity index (χ0n) is 17.8. The molecule has 0 aliphatic carbocycles. The molecule has 2 N–H and O–H groups in total. The Morgan fingerprint density at radius 2 is 1.69 bits per heavy atom. The van der Waals surface area contributed by atoms with Crippen LogP contribution >= 0.6 is 0 Å². The van der Waals surface area contributed by atoms with Gasteiger partial charge in [0.15, 0.2) is 17.5 Å². The normalized spacial score (nSPS) is 12.1. The topological polar surface area (TPSA) is 73.3 Å². The van der Waals surface area contributed by atoms with Crippen LogP contribution in [-0.2, 0) is 6.42 Å². The molecule has 0 radical (unpaired) electrons. The summed E-state index contributed by atoms with van der Waals surface area (Å²) in [5.74, 6) is 3.74. The fourth-order valence-corrected chi connectivity index (χ4v) is 2.77. The summed E-state index contributed by atoms with van der Waals surface area (Å²) in [6.45, 7) is 3.36. The molecule has 7 nitrogen and oxygen atoms in total. The van der Waals surface area contributed by atoms with E-state index in [4.69, 9.17) is 18.9 Å². The highest BCUT2D eigenvalue weighted by atomic mass is 16.5. The molecule has 1 atom stereocenters. The molecule has 0 heterocycles. The summed E-state index contributed by atoms with van der Waals surface area (Å²) in [5.41, 5.74) is 1.15. The molecule has 2 aromatic carbocycles. The second-order valence-electron chi connectivity index (χ2n) is 6.43. The zero-order chi connectivity index (χ0) is 21.1. The minimum absolute atomic E-state index is 0.0356. The Kier molecular flexibility index (Phi) is 8.95. The van der Waals surface area contributed by atoms with Crippen LogP contribution in [0.2, 0.25) is 0 Å². The molecule has 0 aromatic heterocycles. The molecular weight excluding hydrogens is 370 g/mol. The Morgan fingerprint density at radius 3 is 2.38 bits per heavy atom. The van der Waals surface area contributed by atoms with Gasteiger partial charge in [0.2, 0.25) is 0 Å². The van der Waals surface area contributed by atoms with E-state index in [-0.39, 0.29) is 6.10 Å². The molecule has 7 heteroatoms. The average molecular weight is 402 g/mol. The SMILES string of the molecule is CN=C(NCCc1ccc(OC)c(OC)c1)NCC(C)Oc1cccc(OC)c1. The number of methoxy groups -OCH3 is 3. The monoisotopic (exact) mass is 401 g/mol. The van der Waals surface area contributed by atoms with Gasteiger partial charge in [-0.15, -0.1) is 0 Å². The molecule has 0 saturated heterocycles. The van der Waals surface area contributed by atoms with Crippen LogP contribution < -0.4 is 29.6 Å². The van der Waals surface area contributed by atoms with Crippen LogP contribution in [0.15, 0.2) is 47.5 Å². The maximum atomic E-state index is 5.92. The molecule has 0 amide bonds. The van der Waals surface area contributed by atoms with E-state index in [0.29, 0.717) is 6.54 Å². The summed E-state index contributed by atoms with van der Waals surface area (Å²) in [6.07, 6.45) is 0.795. The van der Waals surface area contributed by atoms with Crippen LogP contribution in [0.5, 0.6) is 23.0 Å². The first-order chi connectivity index (χ1) is 14.1. The molecule has 29 heavy (non-hydrogen) atoms. The Labute approximate surface area is 173 Å². The van der Waals surface area contributed by atoms with Crippen molar-refractivity contribution in [2.45, 2.75) is 19.4 Å². The summed E-state index contributed by atoms with van der Waals surface area (Å²) >= 11 is 0. The van der Waals surface area contributed by atoms with Crippen LogP contribution in [0.1, 0.15) is 12.5 Å². The molecule has 2 rings (SSSR count). The van der Waals surface area contributed by atoms with Crippen molar-refractivity contribution in [1.29, 1.82) is 0 Å². The van der Waals surface area contributed by atoms with Gasteiger partial charge in [0.05, 0.1) is 27.9 Å². The molecule has 1 unspecified atom stereocenters. The van der Waals surface area contributed by atoms with E-state index in [1.54, 1.807) is 28.4 Å². The Morgan fingerprint density at radius 1 is 0.931 bits per heavy atom. The number of hydrogen-bond donors (Lipinski definition) is 2. The molecule has 0 bridgehead atoms. The van der Waals surface area contributed by atoms with Crippen LogP contribution in [0.4, 0.5) is 0 Å². The molecule has 0 saturated carbocycles. The lowest BCUT2D eigenvalue weighted by Crippen LogP contribution is -2.42. The van der Waals surface area contributed by atoms with Crippen molar-refractivity contribution in [3.8, 4) is 23.0 Å². The highest BCUT2D eigenvalue weighted by Gasteiger charge is 2.08. The van der Waals surface area contributed by atoms with Gasteiger partial charge in [-0.1, -0.05) is 12.1 Å². The largest absolute Gasteiger partial charge is 0.497 e. The number of hydrogen-bond acceptors (Lipinski definition) is 5. The van der Waals surface area contributed by atoms with Gasteiger partial charge in [-0.3, -0.25) is 4.99 Å². The first kappa shape index (κ1) is 22.2. The van der Waals surface area contributed by atoms with E-state index in [2.05, 4.69) is 15.6 Å². The third-order valence-corrected chi connectivity index (χ3v) is 4.31. The summed E-state index contributed by atoms with van der Waals surface area (Å²) in [5, 5.41) is 6.60. The van der Waals surface area contributed by atoms with Crippen molar-refractivity contribution in [1.82, 2.24) is 10.6 Å². The lowest BCUT2D eigenvalue weighted by atomic mass is 10.1. The van der Waals surface area contributed by atoms with Gasteiger partial charge in [0.25, 0.3) is 0 Å². The molecule has 158 valence electrons. The van der Waals surface area contributed by atoms with E-state index < -0.39 is 0 Å². The van der Waals surface area contributed by atoms with Crippen LogP contribution in [0.25, 0.3) is 0 Å². The van der Waals surface area contributed by atoms with Gasteiger partial charge < -0.3 is 29.6 Å². The lowest BCUT2D eigenvalue weighted by Gasteiger charge is -2.18. The van der Waals surface area contributed by atoms with Crippen molar-refractivity contribution in [2.24, 2.45) is 4.99 Å². The number of guanidine groups is 1. The summed E-state index contributed by atoms with van der Waals surface area (Å²) in [4.78, 5) is 4.26. The van der Waals surface area contributed by atoms with Gasteiger partial charge in [-0.2, -0.15) is 0 Å². The van der Waals surface area contributed by atoms with E-state index in [0.717, 1.165) is 47.5 Å². The maximum Gasteiger partial charge on any atom is 0.191 e. The average Bonchev–Trinajstić information content (AvgIpc) is 2.75. The van der Waals surface area contributed by atoms with Crippen molar-refractivity contribution < 1.29 is 18.9 Å². The smallest absolute Gasteiger partial charge is 0.191 e. The minimum Gasteiger partial charge on any atom is -0.497 e. The van der Waals surface area contributed by atoms with E-state index in [1.165, 1.54) is 0 Å². The van der Waals surface area contributed by atoms with Gasteiger partial charge >= 0.3 is 0 Å². The predicted molar refractivity (Wildman–Crippen MR) is 116 cm³/mol. The van der Waals surface area contributed by atoms with Crippen molar-refractivity contribution in [2.75, 3.05) is 41.5 Å². The van der Waals surface area contributed by atoms with Gasteiger partial charge in [0.1, 0.15) is 17.6 Å². The summed E-state index contributed by atoms with van der Waals surface area (Å²) < 4.78 is 21.8. The fourth-order valence-electron chi connectivity index (χ4n) is 2.77. The molecule has 0 aliphatic heterocycles. The predicted octanol–water partition coefficient (Wildman–Crippen LogP) is 2.89. The quantitative estimate of drug-likeness (QED) is 0.471. The zero-order valence-corrected chi connectivity index (χ0v) is 17.8. The number of rotatable bonds is 10. The van der Waals surface area contributed by atoms with E-state index >= 15 is 0 Å². The van der Waals surface area contributed by atoms with Gasteiger partial charge in [0, 0.05) is 19.7 Å². The second-order valence-corrected chi connectivity index (χ2v) is 6.43. The second kappa shape index (κ2) is 11.7. The molecule has 0 spiro atoms. The number of nitrogens with zero attached hydrogens (tertiary/aromatic N) is 1. The molecule has 2 aromatic rings. The number of benzene rings is 2. The Bertz CT molecular complexity index is 795. The van der Waals surface area contributed by atoms with E-state index in [9.17, 15) is 0 Å². The number of nitrogens with one attached hydrogen (secondary N) is 2. The molecular formula is C22H31N3O4. The van der Waals surface area contributed by atoms with Gasteiger partial charge in [-0.05, 0) is 43.2 Å². The Balaban J connectivity index is 1.77. The van der Waals surface area contributed by atoms with Crippen LogP contribution in [0, 0.1) is 0 Å². The Hall–Kier alpha value is -3.09.